The van der Waals surface area contributed by atoms with Crippen LogP contribution in [0.4, 0.5) is 4.39 Å². The van der Waals surface area contributed by atoms with E-state index in [2.05, 4.69) is 15.2 Å². The molecule has 112 valence electrons. The van der Waals surface area contributed by atoms with Gasteiger partial charge in [0.1, 0.15) is 11.6 Å². The summed E-state index contributed by atoms with van der Waals surface area (Å²) in [6.45, 7) is 4.07. The van der Waals surface area contributed by atoms with Crippen molar-refractivity contribution in [1.82, 2.24) is 19.6 Å². The second-order valence-electron chi connectivity index (χ2n) is 6.44. The Bertz CT molecular complexity index is 849. The lowest BCUT2D eigenvalue weighted by Crippen LogP contribution is -2.22. The molecule has 2 aromatic heterocycles. The molecule has 4 nitrogen and oxygen atoms in total. The van der Waals surface area contributed by atoms with E-state index < -0.39 is 5.41 Å². The van der Waals surface area contributed by atoms with Crippen molar-refractivity contribution in [3.05, 3.63) is 59.6 Å². The van der Waals surface area contributed by atoms with E-state index in [-0.39, 0.29) is 5.82 Å². The standard InChI is InChI=1S/C17H17FN4/c1-17(2,12-4-3-5-13(18)10-12)16-21-20-15-14(11-6-7-11)19-8-9-22(15)16/h3-5,8-11H,6-7H2,1-2H3. The number of aromatic nitrogens is 4. The van der Waals surface area contributed by atoms with Gasteiger partial charge in [0, 0.05) is 18.3 Å². The highest BCUT2D eigenvalue weighted by molar-refractivity contribution is 5.48. The third-order valence-corrected chi connectivity index (χ3v) is 4.42. The highest BCUT2D eigenvalue weighted by atomic mass is 19.1. The summed E-state index contributed by atoms with van der Waals surface area (Å²) in [5, 5.41) is 8.75. The van der Waals surface area contributed by atoms with Crippen molar-refractivity contribution in [1.29, 1.82) is 0 Å². The van der Waals surface area contributed by atoms with Gasteiger partial charge in [0.05, 0.1) is 11.1 Å². The molecule has 5 heteroatoms. The average molecular weight is 296 g/mol. The van der Waals surface area contributed by atoms with Gasteiger partial charge in [-0.15, -0.1) is 10.2 Å². The molecule has 1 saturated carbocycles. The van der Waals surface area contributed by atoms with Crippen LogP contribution < -0.4 is 0 Å². The average Bonchev–Trinajstić information content (AvgIpc) is 3.25. The molecule has 0 bridgehead atoms. The second kappa shape index (κ2) is 4.60. The Labute approximate surface area is 128 Å². The fraction of sp³-hybridized carbons (Fsp3) is 0.353. The molecule has 1 aliphatic carbocycles. The lowest BCUT2D eigenvalue weighted by atomic mass is 9.84. The highest BCUT2D eigenvalue weighted by Gasteiger charge is 2.32. The summed E-state index contributed by atoms with van der Waals surface area (Å²) in [6, 6.07) is 6.67. The quantitative estimate of drug-likeness (QED) is 0.743. The molecule has 0 N–H and O–H groups in total. The van der Waals surface area contributed by atoms with Crippen molar-refractivity contribution in [3.63, 3.8) is 0 Å². The maximum absolute atomic E-state index is 13.6. The highest BCUT2D eigenvalue weighted by Crippen LogP contribution is 2.41. The maximum atomic E-state index is 13.6. The van der Waals surface area contributed by atoms with Crippen LogP contribution in [0, 0.1) is 5.82 Å². The normalized spacial score (nSPS) is 15.4. The van der Waals surface area contributed by atoms with Gasteiger partial charge in [-0.05, 0) is 44.4 Å². The summed E-state index contributed by atoms with van der Waals surface area (Å²) in [4.78, 5) is 4.47. The van der Waals surface area contributed by atoms with Crippen LogP contribution in [0.15, 0.2) is 36.7 Å². The predicted octanol–water partition coefficient (Wildman–Crippen LogP) is 3.47. The third kappa shape index (κ3) is 2.00. The van der Waals surface area contributed by atoms with Crippen LogP contribution in [0.5, 0.6) is 0 Å². The van der Waals surface area contributed by atoms with Crippen LogP contribution in [0.3, 0.4) is 0 Å². The molecule has 0 amide bonds. The Morgan fingerprint density at radius 3 is 2.77 bits per heavy atom. The number of halogens is 1. The minimum absolute atomic E-state index is 0.236. The first-order valence-corrected chi connectivity index (χ1v) is 7.53. The van der Waals surface area contributed by atoms with Gasteiger partial charge in [-0.2, -0.15) is 0 Å². The molecule has 1 fully saturated rings. The van der Waals surface area contributed by atoms with E-state index >= 15 is 0 Å². The number of hydrogen-bond donors (Lipinski definition) is 0. The molecule has 0 radical (unpaired) electrons. The molecule has 1 aliphatic rings. The van der Waals surface area contributed by atoms with E-state index in [0.29, 0.717) is 5.92 Å². The molecule has 0 spiro atoms. The summed E-state index contributed by atoms with van der Waals surface area (Å²) in [6.07, 6.45) is 6.02. The van der Waals surface area contributed by atoms with Crippen LogP contribution in [0.2, 0.25) is 0 Å². The van der Waals surface area contributed by atoms with Crippen molar-refractivity contribution in [2.75, 3.05) is 0 Å². The van der Waals surface area contributed by atoms with Gasteiger partial charge in [-0.1, -0.05) is 12.1 Å². The fourth-order valence-corrected chi connectivity index (χ4v) is 2.92. The fourth-order valence-electron chi connectivity index (χ4n) is 2.92. The van der Waals surface area contributed by atoms with E-state index in [1.165, 1.54) is 18.9 Å². The largest absolute Gasteiger partial charge is 0.283 e. The van der Waals surface area contributed by atoms with Crippen LogP contribution in [0.25, 0.3) is 5.65 Å². The minimum Gasteiger partial charge on any atom is -0.283 e. The van der Waals surface area contributed by atoms with E-state index in [1.807, 2.05) is 30.5 Å². The summed E-state index contributed by atoms with van der Waals surface area (Å²) >= 11 is 0. The Morgan fingerprint density at radius 1 is 1.23 bits per heavy atom. The SMILES string of the molecule is CC(C)(c1cccc(F)c1)c1nnc2c(C3CC3)nccn12. The summed E-state index contributed by atoms with van der Waals surface area (Å²) < 4.78 is 15.6. The van der Waals surface area contributed by atoms with Crippen molar-refractivity contribution < 1.29 is 4.39 Å². The summed E-state index contributed by atoms with van der Waals surface area (Å²) in [7, 11) is 0. The molecule has 2 heterocycles. The van der Waals surface area contributed by atoms with Gasteiger partial charge in [0.25, 0.3) is 0 Å². The van der Waals surface area contributed by atoms with E-state index in [4.69, 9.17) is 0 Å². The minimum atomic E-state index is -0.441. The molecule has 22 heavy (non-hydrogen) atoms. The smallest absolute Gasteiger partial charge is 0.182 e. The summed E-state index contributed by atoms with van der Waals surface area (Å²) in [5.74, 6) is 1.08. The van der Waals surface area contributed by atoms with Crippen molar-refractivity contribution in [2.45, 2.75) is 38.0 Å². The van der Waals surface area contributed by atoms with Crippen LogP contribution in [-0.2, 0) is 5.41 Å². The first kappa shape index (κ1) is 13.4. The number of hydrogen-bond acceptors (Lipinski definition) is 3. The molecule has 3 aromatic rings. The lowest BCUT2D eigenvalue weighted by molar-refractivity contribution is 0.567. The van der Waals surface area contributed by atoms with Gasteiger partial charge in [-0.25, -0.2) is 4.39 Å². The molecule has 0 saturated heterocycles. The monoisotopic (exact) mass is 296 g/mol. The zero-order chi connectivity index (χ0) is 15.3. The van der Waals surface area contributed by atoms with Crippen molar-refractivity contribution >= 4 is 5.65 Å². The van der Waals surface area contributed by atoms with Gasteiger partial charge in [0.15, 0.2) is 5.65 Å². The van der Waals surface area contributed by atoms with Crippen LogP contribution >= 0.6 is 0 Å². The van der Waals surface area contributed by atoms with Gasteiger partial charge >= 0.3 is 0 Å². The Kier molecular flexibility index (Phi) is 2.79. The molecule has 4 rings (SSSR count). The third-order valence-electron chi connectivity index (χ3n) is 4.42. The second-order valence-corrected chi connectivity index (χ2v) is 6.44. The van der Waals surface area contributed by atoms with E-state index in [9.17, 15) is 4.39 Å². The predicted molar refractivity (Wildman–Crippen MR) is 81.3 cm³/mol. The lowest BCUT2D eigenvalue weighted by Gasteiger charge is -2.23. The molecule has 0 aliphatic heterocycles. The van der Waals surface area contributed by atoms with Gasteiger partial charge < -0.3 is 0 Å². The first-order chi connectivity index (χ1) is 10.6. The van der Waals surface area contributed by atoms with Crippen molar-refractivity contribution in [3.8, 4) is 0 Å². The van der Waals surface area contributed by atoms with Crippen LogP contribution in [0.1, 0.15) is 49.7 Å². The van der Waals surface area contributed by atoms with Crippen molar-refractivity contribution in [2.24, 2.45) is 0 Å². The zero-order valence-electron chi connectivity index (χ0n) is 12.6. The molecular weight excluding hydrogens is 279 g/mol. The van der Waals surface area contributed by atoms with E-state index in [1.54, 1.807) is 18.3 Å². The maximum Gasteiger partial charge on any atom is 0.182 e. The van der Waals surface area contributed by atoms with Crippen LogP contribution in [-0.4, -0.2) is 19.6 Å². The zero-order valence-corrected chi connectivity index (χ0v) is 12.6. The Morgan fingerprint density at radius 2 is 2.05 bits per heavy atom. The topological polar surface area (TPSA) is 43.1 Å². The molecule has 1 aromatic carbocycles. The van der Waals surface area contributed by atoms with Gasteiger partial charge in [-0.3, -0.25) is 9.38 Å². The van der Waals surface area contributed by atoms with E-state index in [0.717, 1.165) is 22.7 Å². The number of benzene rings is 1. The molecule has 0 atom stereocenters. The van der Waals surface area contributed by atoms with Gasteiger partial charge in [0.2, 0.25) is 0 Å². The number of fused-ring (bicyclic) bond motifs is 1. The first-order valence-electron chi connectivity index (χ1n) is 7.53. The molecule has 0 unspecified atom stereocenters. The Hall–Kier alpha value is -2.30. The number of nitrogens with zero attached hydrogens (tertiary/aromatic N) is 4. The molecular formula is C17H17FN4. The number of rotatable bonds is 3. The summed E-state index contributed by atoms with van der Waals surface area (Å²) in [5.41, 5.74) is 2.29. The Balaban J connectivity index is 1.88.